The van der Waals surface area contributed by atoms with Crippen molar-refractivity contribution in [3.63, 3.8) is 0 Å². The van der Waals surface area contributed by atoms with E-state index in [0.717, 1.165) is 16.9 Å². The summed E-state index contributed by atoms with van der Waals surface area (Å²) in [6.45, 7) is 4.14. The quantitative estimate of drug-likeness (QED) is 0.676. The van der Waals surface area contributed by atoms with Gasteiger partial charge in [0.2, 0.25) is 0 Å². The van der Waals surface area contributed by atoms with Crippen LogP contribution in [0.2, 0.25) is 0 Å². The average Bonchev–Trinajstić information content (AvgIpc) is 2.68. The van der Waals surface area contributed by atoms with Crippen molar-refractivity contribution >= 4 is 22.7 Å². The number of fused-ring (bicyclic) bond motifs is 1. The highest BCUT2D eigenvalue weighted by Gasteiger charge is 2.25. The van der Waals surface area contributed by atoms with Crippen LogP contribution in [0.25, 0.3) is 11.0 Å². The highest BCUT2D eigenvalue weighted by molar-refractivity contribution is 5.83. The number of nitrogen functional groups attached to an aromatic ring is 1. The van der Waals surface area contributed by atoms with Crippen LogP contribution in [0.3, 0.4) is 0 Å². The van der Waals surface area contributed by atoms with Gasteiger partial charge in [0.05, 0.1) is 17.6 Å². The molecule has 2 N–H and O–H groups in total. The molecule has 0 aliphatic carbocycles. The topological polar surface area (TPSA) is 70.1 Å². The minimum absolute atomic E-state index is 0.226. The van der Waals surface area contributed by atoms with Crippen molar-refractivity contribution < 1.29 is 9.53 Å². The van der Waals surface area contributed by atoms with E-state index >= 15 is 0 Å². The summed E-state index contributed by atoms with van der Waals surface area (Å²) in [7, 11) is 1.91. The zero-order valence-electron chi connectivity index (χ0n) is 11.5. The van der Waals surface area contributed by atoms with Crippen molar-refractivity contribution in [1.82, 2.24) is 9.55 Å². The van der Waals surface area contributed by atoms with Crippen molar-refractivity contribution in [1.29, 1.82) is 0 Å². The molecule has 1 aromatic carbocycles. The number of esters is 1. The summed E-state index contributed by atoms with van der Waals surface area (Å²) < 4.78 is 7.04. The van der Waals surface area contributed by atoms with Gasteiger partial charge in [0.15, 0.2) is 0 Å². The number of carbonyl (C=O) groups excluding carboxylic acids is 1. The Bertz CT molecular complexity index is 604. The summed E-state index contributed by atoms with van der Waals surface area (Å²) in [5.41, 5.74) is 8.20. The van der Waals surface area contributed by atoms with Crippen molar-refractivity contribution in [2.75, 3.05) is 12.3 Å². The van der Waals surface area contributed by atoms with Crippen LogP contribution in [0.5, 0.6) is 0 Å². The highest BCUT2D eigenvalue weighted by atomic mass is 16.5. The maximum atomic E-state index is 12.0. The van der Waals surface area contributed by atoms with Crippen molar-refractivity contribution in [2.24, 2.45) is 7.05 Å². The predicted molar refractivity (Wildman–Crippen MR) is 74.8 cm³/mol. The van der Waals surface area contributed by atoms with Crippen LogP contribution in [0.4, 0.5) is 5.69 Å². The fourth-order valence-electron chi connectivity index (χ4n) is 2.24. The number of hydrogen-bond acceptors (Lipinski definition) is 4. The van der Waals surface area contributed by atoms with Gasteiger partial charge in [-0.1, -0.05) is 6.92 Å². The summed E-state index contributed by atoms with van der Waals surface area (Å²) in [6.07, 6.45) is 0.658. The van der Waals surface area contributed by atoms with E-state index in [1.165, 1.54) is 0 Å². The lowest BCUT2D eigenvalue weighted by atomic mass is 10.1. The molecule has 0 spiro atoms. The smallest absolute Gasteiger partial charge is 0.316 e. The first kappa shape index (κ1) is 13.4. The second-order valence-corrected chi connectivity index (χ2v) is 4.49. The van der Waals surface area contributed by atoms with E-state index in [9.17, 15) is 4.79 Å². The normalized spacial score (nSPS) is 12.6. The third kappa shape index (κ3) is 2.41. The van der Waals surface area contributed by atoms with Gasteiger partial charge >= 0.3 is 5.97 Å². The van der Waals surface area contributed by atoms with Crippen molar-refractivity contribution in [2.45, 2.75) is 26.2 Å². The minimum Gasteiger partial charge on any atom is -0.465 e. The molecule has 1 aromatic heterocycles. The lowest BCUT2D eigenvalue weighted by molar-refractivity contribution is -0.145. The number of anilines is 1. The number of nitrogens with two attached hydrogens (primary N) is 1. The van der Waals surface area contributed by atoms with Crippen LogP contribution in [0.15, 0.2) is 18.2 Å². The number of imidazole rings is 1. The second-order valence-electron chi connectivity index (χ2n) is 4.49. The fourth-order valence-corrected chi connectivity index (χ4v) is 2.24. The van der Waals surface area contributed by atoms with E-state index in [0.29, 0.717) is 18.7 Å². The SMILES string of the molecule is CCOC(=O)C(CC)c1nc2cc(N)ccc2n1C. The Morgan fingerprint density at radius 1 is 1.47 bits per heavy atom. The molecule has 0 aliphatic rings. The third-order valence-electron chi connectivity index (χ3n) is 3.23. The average molecular weight is 261 g/mol. The van der Waals surface area contributed by atoms with Crippen LogP contribution in [-0.4, -0.2) is 22.1 Å². The van der Waals surface area contributed by atoms with Gasteiger partial charge in [-0.25, -0.2) is 4.98 Å². The van der Waals surface area contributed by atoms with Gasteiger partial charge in [-0.05, 0) is 31.5 Å². The van der Waals surface area contributed by atoms with Gasteiger partial charge in [0.1, 0.15) is 11.7 Å². The molecule has 1 heterocycles. The van der Waals surface area contributed by atoms with Gasteiger partial charge in [-0.2, -0.15) is 0 Å². The van der Waals surface area contributed by atoms with Gasteiger partial charge in [0.25, 0.3) is 0 Å². The van der Waals surface area contributed by atoms with Crippen LogP contribution < -0.4 is 5.73 Å². The summed E-state index contributed by atoms with van der Waals surface area (Å²) in [6, 6.07) is 5.56. The number of aromatic nitrogens is 2. The van der Waals surface area contributed by atoms with E-state index < -0.39 is 0 Å². The summed E-state index contributed by atoms with van der Waals surface area (Å²) >= 11 is 0. The van der Waals surface area contributed by atoms with E-state index in [1.54, 1.807) is 6.92 Å². The molecule has 5 nitrogen and oxygen atoms in total. The van der Waals surface area contributed by atoms with Crippen LogP contribution >= 0.6 is 0 Å². The molecule has 2 rings (SSSR count). The standard InChI is InChI=1S/C14H19N3O2/c1-4-10(14(18)19-5-2)13-16-11-8-9(15)6-7-12(11)17(13)3/h6-8,10H,4-5,15H2,1-3H3. The van der Waals surface area contributed by atoms with Crippen LogP contribution in [-0.2, 0) is 16.6 Å². The Morgan fingerprint density at radius 2 is 2.21 bits per heavy atom. The molecule has 0 bridgehead atoms. The predicted octanol–water partition coefficient (Wildman–Crippen LogP) is 2.21. The van der Waals surface area contributed by atoms with Crippen molar-refractivity contribution in [3.8, 4) is 0 Å². The Balaban J connectivity index is 2.48. The zero-order valence-corrected chi connectivity index (χ0v) is 11.5. The zero-order chi connectivity index (χ0) is 14.0. The molecule has 5 heteroatoms. The van der Waals surface area contributed by atoms with Crippen LogP contribution in [0.1, 0.15) is 32.0 Å². The monoisotopic (exact) mass is 261 g/mol. The lowest BCUT2D eigenvalue weighted by Crippen LogP contribution is -2.18. The summed E-state index contributed by atoms with van der Waals surface area (Å²) in [5.74, 6) is 0.163. The van der Waals surface area contributed by atoms with Crippen LogP contribution in [0, 0.1) is 0 Å². The Hall–Kier alpha value is -2.04. The molecule has 102 valence electrons. The fraction of sp³-hybridized carbons (Fsp3) is 0.429. The molecule has 19 heavy (non-hydrogen) atoms. The maximum Gasteiger partial charge on any atom is 0.316 e. The number of benzene rings is 1. The Labute approximate surface area is 112 Å². The molecule has 1 atom stereocenters. The molecule has 0 saturated carbocycles. The van der Waals surface area contributed by atoms with Crippen molar-refractivity contribution in [3.05, 3.63) is 24.0 Å². The number of rotatable bonds is 4. The molecule has 2 aromatic rings. The van der Waals surface area contributed by atoms with E-state index in [-0.39, 0.29) is 11.9 Å². The molecule has 0 fully saturated rings. The third-order valence-corrected chi connectivity index (χ3v) is 3.23. The van der Waals surface area contributed by atoms with Gasteiger partial charge in [-0.15, -0.1) is 0 Å². The first-order chi connectivity index (χ1) is 9.08. The Kier molecular flexibility index (Phi) is 3.74. The first-order valence-corrected chi connectivity index (χ1v) is 6.47. The molecule has 0 radical (unpaired) electrons. The Morgan fingerprint density at radius 3 is 2.84 bits per heavy atom. The van der Waals surface area contributed by atoms with Gasteiger partial charge in [-0.3, -0.25) is 4.79 Å². The molecule has 0 amide bonds. The lowest BCUT2D eigenvalue weighted by Gasteiger charge is -2.13. The maximum absolute atomic E-state index is 12.0. The first-order valence-electron chi connectivity index (χ1n) is 6.47. The number of hydrogen-bond donors (Lipinski definition) is 1. The summed E-state index contributed by atoms with van der Waals surface area (Å²) in [5, 5.41) is 0. The molecular weight excluding hydrogens is 242 g/mol. The number of aryl methyl sites for hydroxylation is 1. The minimum atomic E-state index is -0.335. The largest absolute Gasteiger partial charge is 0.465 e. The van der Waals surface area contributed by atoms with E-state index in [2.05, 4.69) is 4.98 Å². The highest BCUT2D eigenvalue weighted by Crippen LogP contribution is 2.25. The van der Waals surface area contributed by atoms with E-state index in [1.807, 2.05) is 36.7 Å². The number of nitrogens with zero attached hydrogens (tertiary/aromatic N) is 2. The number of ether oxygens (including phenoxy) is 1. The molecule has 0 saturated heterocycles. The van der Waals surface area contributed by atoms with Gasteiger partial charge < -0.3 is 15.0 Å². The molecule has 0 aliphatic heterocycles. The summed E-state index contributed by atoms with van der Waals surface area (Å²) in [4.78, 5) is 16.5. The van der Waals surface area contributed by atoms with Gasteiger partial charge in [0, 0.05) is 12.7 Å². The number of carbonyl (C=O) groups is 1. The molecular formula is C14H19N3O2. The second kappa shape index (κ2) is 5.30. The van der Waals surface area contributed by atoms with E-state index in [4.69, 9.17) is 10.5 Å². The molecule has 1 unspecified atom stereocenters.